The van der Waals surface area contributed by atoms with Crippen LogP contribution in [-0.4, -0.2) is 51.6 Å². The molecular formula is C28H29F3N8O. The number of anilines is 4. The fourth-order valence-electron chi connectivity index (χ4n) is 5.49. The Balaban J connectivity index is 1.29. The van der Waals surface area contributed by atoms with Gasteiger partial charge in [0.1, 0.15) is 17.2 Å². The van der Waals surface area contributed by atoms with E-state index in [1.54, 1.807) is 12.3 Å². The van der Waals surface area contributed by atoms with Crippen LogP contribution in [0.1, 0.15) is 47.8 Å². The van der Waals surface area contributed by atoms with Gasteiger partial charge in [0.25, 0.3) is 5.91 Å². The molecule has 6 rings (SSSR count). The first-order valence-corrected chi connectivity index (χ1v) is 13.4. The SMILES string of the molecule is O=C(Nc1ccccc1C(F)(F)F)c1cc2cnc(Nc3ccc(N4CCNCC4)cn3)nc2n1C1CCCC1. The second-order valence-corrected chi connectivity index (χ2v) is 10.1. The van der Waals surface area contributed by atoms with E-state index < -0.39 is 17.6 Å². The molecule has 0 bridgehead atoms. The molecule has 0 unspecified atom stereocenters. The Morgan fingerprint density at radius 1 is 1.00 bits per heavy atom. The van der Waals surface area contributed by atoms with Crippen molar-refractivity contribution in [2.75, 3.05) is 41.7 Å². The number of hydrogen-bond donors (Lipinski definition) is 3. The summed E-state index contributed by atoms with van der Waals surface area (Å²) < 4.78 is 42.5. The summed E-state index contributed by atoms with van der Waals surface area (Å²) in [7, 11) is 0. The van der Waals surface area contributed by atoms with Crippen LogP contribution in [-0.2, 0) is 6.18 Å². The maximum atomic E-state index is 13.5. The van der Waals surface area contributed by atoms with E-state index in [2.05, 4.69) is 30.8 Å². The highest BCUT2D eigenvalue weighted by atomic mass is 19.4. The van der Waals surface area contributed by atoms with Gasteiger partial charge in [0.05, 0.1) is 23.1 Å². The number of halogens is 3. The van der Waals surface area contributed by atoms with Crippen molar-refractivity contribution in [3.8, 4) is 0 Å². The minimum Gasteiger partial charge on any atom is -0.368 e. The van der Waals surface area contributed by atoms with Gasteiger partial charge in [-0.2, -0.15) is 18.2 Å². The fourth-order valence-corrected chi connectivity index (χ4v) is 5.49. The van der Waals surface area contributed by atoms with E-state index in [9.17, 15) is 18.0 Å². The zero-order valence-electron chi connectivity index (χ0n) is 21.7. The van der Waals surface area contributed by atoms with Crippen LogP contribution in [0.3, 0.4) is 0 Å². The third-order valence-corrected chi connectivity index (χ3v) is 7.45. The number of piperazine rings is 1. The number of nitrogens with zero attached hydrogens (tertiary/aromatic N) is 5. The van der Waals surface area contributed by atoms with E-state index in [1.807, 2.05) is 22.9 Å². The Hall–Kier alpha value is -4.19. The van der Waals surface area contributed by atoms with E-state index in [0.717, 1.165) is 63.6 Å². The van der Waals surface area contributed by atoms with E-state index in [0.29, 0.717) is 22.8 Å². The van der Waals surface area contributed by atoms with Crippen LogP contribution < -0.4 is 20.9 Å². The zero-order valence-corrected chi connectivity index (χ0v) is 21.7. The molecule has 1 saturated heterocycles. The molecule has 0 atom stereocenters. The van der Waals surface area contributed by atoms with Crippen molar-refractivity contribution < 1.29 is 18.0 Å². The number of benzene rings is 1. The predicted molar refractivity (Wildman–Crippen MR) is 147 cm³/mol. The molecule has 1 amide bonds. The summed E-state index contributed by atoms with van der Waals surface area (Å²) in [5.41, 5.74) is 0.668. The van der Waals surface area contributed by atoms with Crippen molar-refractivity contribution >= 4 is 40.1 Å². The van der Waals surface area contributed by atoms with Gasteiger partial charge in [-0.05, 0) is 43.2 Å². The zero-order chi connectivity index (χ0) is 27.7. The highest BCUT2D eigenvalue weighted by Crippen LogP contribution is 2.37. The van der Waals surface area contributed by atoms with Crippen LogP contribution in [0, 0.1) is 0 Å². The largest absolute Gasteiger partial charge is 0.418 e. The number of carbonyl (C=O) groups excluding carboxylic acids is 1. The summed E-state index contributed by atoms with van der Waals surface area (Å²) in [5, 5.41) is 9.59. The molecule has 1 aromatic carbocycles. The summed E-state index contributed by atoms with van der Waals surface area (Å²) in [6, 6.07) is 10.5. The maximum absolute atomic E-state index is 13.5. The highest BCUT2D eigenvalue weighted by Gasteiger charge is 2.34. The molecule has 4 heterocycles. The molecule has 40 heavy (non-hydrogen) atoms. The summed E-state index contributed by atoms with van der Waals surface area (Å²) >= 11 is 0. The molecule has 3 aromatic heterocycles. The van der Waals surface area contributed by atoms with Gasteiger partial charge in [-0.15, -0.1) is 0 Å². The number of aromatic nitrogens is 4. The number of fused-ring (bicyclic) bond motifs is 1. The molecule has 3 N–H and O–H groups in total. The number of para-hydroxylation sites is 1. The Kier molecular flexibility index (Phi) is 7.01. The first-order valence-electron chi connectivity index (χ1n) is 13.4. The summed E-state index contributed by atoms with van der Waals surface area (Å²) in [6.07, 6.45) is 2.55. The van der Waals surface area contributed by atoms with Gasteiger partial charge >= 0.3 is 6.18 Å². The van der Waals surface area contributed by atoms with Crippen molar-refractivity contribution in [3.63, 3.8) is 0 Å². The minimum atomic E-state index is -4.59. The smallest absolute Gasteiger partial charge is 0.368 e. The fraction of sp³-hybridized carbons (Fsp3) is 0.357. The average Bonchev–Trinajstić information content (AvgIpc) is 3.61. The molecule has 9 nitrogen and oxygen atoms in total. The Labute approximate surface area is 228 Å². The summed E-state index contributed by atoms with van der Waals surface area (Å²) in [4.78, 5) is 29.3. The quantitative estimate of drug-likeness (QED) is 0.297. The van der Waals surface area contributed by atoms with Gasteiger partial charge in [-0.25, -0.2) is 9.97 Å². The van der Waals surface area contributed by atoms with Gasteiger partial charge in [-0.1, -0.05) is 25.0 Å². The number of amides is 1. The van der Waals surface area contributed by atoms with Crippen LogP contribution in [0.4, 0.5) is 36.3 Å². The van der Waals surface area contributed by atoms with Gasteiger partial charge in [0.15, 0.2) is 0 Å². The van der Waals surface area contributed by atoms with Crippen LogP contribution in [0.2, 0.25) is 0 Å². The molecule has 4 aromatic rings. The Bertz CT molecular complexity index is 1510. The standard InChI is InChI=1S/C28H29F3N8O/c29-28(30,31)21-7-3-4-8-22(21)35-26(40)23-15-18-16-34-27(37-25(18)39(23)19-5-1-2-6-19)36-24-10-9-20(17-33-24)38-13-11-32-12-14-38/h3-4,7-10,15-17,19,32H,1-2,5-6,11-14H2,(H,35,40)(H,33,34,36,37). The first-order chi connectivity index (χ1) is 19.4. The normalized spacial score (nSPS) is 16.4. The van der Waals surface area contributed by atoms with Crippen molar-refractivity contribution in [1.29, 1.82) is 0 Å². The molecular weight excluding hydrogens is 521 g/mol. The van der Waals surface area contributed by atoms with Crippen molar-refractivity contribution in [1.82, 2.24) is 24.8 Å². The predicted octanol–water partition coefficient (Wildman–Crippen LogP) is 5.37. The molecule has 1 aliphatic carbocycles. The maximum Gasteiger partial charge on any atom is 0.418 e. The molecule has 208 valence electrons. The second-order valence-electron chi connectivity index (χ2n) is 10.1. The van der Waals surface area contributed by atoms with Crippen LogP contribution >= 0.6 is 0 Å². The van der Waals surface area contributed by atoms with E-state index in [4.69, 9.17) is 4.98 Å². The van der Waals surface area contributed by atoms with Crippen LogP contribution in [0.5, 0.6) is 0 Å². The van der Waals surface area contributed by atoms with Gasteiger partial charge < -0.3 is 25.4 Å². The highest BCUT2D eigenvalue weighted by molar-refractivity contribution is 6.06. The molecule has 2 fully saturated rings. The minimum absolute atomic E-state index is 0.00954. The summed E-state index contributed by atoms with van der Waals surface area (Å²) in [6.45, 7) is 3.71. The lowest BCUT2D eigenvalue weighted by molar-refractivity contribution is -0.136. The van der Waals surface area contributed by atoms with E-state index in [1.165, 1.54) is 18.2 Å². The monoisotopic (exact) mass is 550 g/mol. The van der Waals surface area contributed by atoms with Crippen molar-refractivity contribution in [2.24, 2.45) is 0 Å². The van der Waals surface area contributed by atoms with Gasteiger partial charge in [0, 0.05) is 43.8 Å². The van der Waals surface area contributed by atoms with Gasteiger partial charge in [0.2, 0.25) is 5.95 Å². The van der Waals surface area contributed by atoms with E-state index in [-0.39, 0.29) is 17.4 Å². The summed E-state index contributed by atoms with van der Waals surface area (Å²) in [5.74, 6) is 0.279. The Morgan fingerprint density at radius 2 is 1.77 bits per heavy atom. The number of carbonyl (C=O) groups is 1. The lowest BCUT2D eigenvalue weighted by atomic mass is 10.1. The topological polar surface area (TPSA) is 100 Å². The van der Waals surface area contributed by atoms with Crippen LogP contribution in [0.25, 0.3) is 11.0 Å². The molecule has 2 aliphatic rings. The van der Waals surface area contributed by atoms with E-state index >= 15 is 0 Å². The molecule has 1 aliphatic heterocycles. The second kappa shape index (κ2) is 10.8. The first kappa shape index (κ1) is 26.1. The van der Waals surface area contributed by atoms with Crippen molar-refractivity contribution in [2.45, 2.75) is 37.9 Å². The number of pyridine rings is 1. The third kappa shape index (κ3) is 5.31. The van der Waals surface area contributed by atoms with Crippen LogP contribution in [0.15, 0.2) is 54.9 Å². The third-order valence-electron chi connectivity index (χ3n) is 7.45. The molecule has 1 saturated carbocycles. The number of hydrogen-bond acceptors (Lipinski definition) is 7. The molecule has 0 spiro atoms. The number of nitrogens with one attached hydrogen (secondary N) is 3. The molecule has 12 heteroatoms. The molecule has 0 radical (unpaired) electrons. The number of rotatable bonds is 6. The van der Waals surface area contributed by atoms with Gasteiger partial charge in [-0.3, -0.25) is 4.79 Å². The lowest BCUT2D eigenvalue weighted by Gasteiger charge is -2.29. The Morgan fingerprint density at radius 3 is 2.50 bits per heavy atom. The number of alkyl halides is 3. The van der Waals surface area contributed by atoms with Crippen molar-refractivity contribution in [3.05, 3.63) is 66.1 Å². The average molecular weight is 551 g/mol. The lowest BCUT2D eigenvalue weighted by Crippen LogP contribution is -2.43.